The van der Waals surface area contributed by atoms with Crippen molar-refractivity contribution in [1.29, 1.82) is 0 Å². The van der Waals surface area contributed by atoms with E-state index in [1.54, 1.807) is 42.5 Å². The average molecular weight is 373 g/mol. The fraction of sp³-hybridized carbons (Fsp3) is 0.316. The van der Waals surface area contributed by atoms with E-state index in [1.165, 1.54) is 12.1 Å². The number of benzene rings is 2. The lowest BCUT2D eigenvalue weighted by Gasteiger charge is -2.29. The van der Waals surface area contributed by atoms with E-state index >= 15 is 0 Å². The lowest BCUT2D eigenvalue weighted by molar-refractivity contribution is 0.0918. The third kappa shape index (κ3) is 4.42. The van der Waals surface area contributed by atoms with Gasteiger partial charge in [0, 0.05) is 6.04 Å². The van der Waals surface area contributed by atoms with Crippen molar-refractivity contribution >= 4 is 21.6 Å². The number of rotatable bonds is 5. The monoisotopic (exact) mass is 373 g/mol. The number of nitrogens with one attached hydrogen (secondary N) is 2. The summed E-state index contributed by atoms with van der Waals surface area (Å²) in [5.74, 6) is -0.258. The number of piperidine rings is 1. The van der Waals surface area contributed by atoms with E-state index in [0.717, 1.165) is 25.9 Å². The van der Waals surface area contributed by atoms with Gasteiger partial charge in [0.05, 0.1) is 16.1 Å². The highest BCUT2D eigenvalue weighted by molar-refractivity contribution is 7.92. The Kier molecular flexibility index (Phi) is 5.58. The first kappa shape index (κ1) is 18.4. The van der Waals surface area contributed by atoms with Crippen LogP contribution in [-0.2, 0) is 10.0 Å². The first-order chi connectivity index (χ1) is 12.5. The Balaban J connectivity index is 1.77. The number of hydrogen-bond acceptors (Lipinski definition) is 4. The third-order valence-corrected chi connectivity index (χ3v) is 5.90. The summed E-state index contributed by atoms with van der Waals surface area (Å²) in [7, 11) is -1.69. The Morgan fingerprint density at radius 3 is 2.31 bits per heavy atom. The van der Waals surface area contributed by atoms with E-state index in [9.17, 15) is 13.2 Å². The van der Waals surface area contributed by atoms with Crippen molar-refractivity contribution in [2.24, 2.45) is 0 Å². The predicted octanol–water partition coefficient (Wildman–Crippen LogP) is 2.31. The van der Waals surface area contributed by atoms with Gasteiger partial charge in [-0.1, -0.05) is 30.3 Å². The maximum Gasteiger partial charge on any atom is 0.261 e. The van der Waals surface area contributed by atoms with E-state index in [1.807, 2.05) is 0 Å². The average Bonchev–Trinajstić information content (AvgIpc) is 2.64. The number of carbonyl (C=O) groups is 1. The fourth-order valence-electron chi connectivity index (χ4n) is 2.99. The van der Waals surface area contributed by atoms with E-state index in [4.69, 9.17) is 0 Å². The van der Waals surface area contributed by atoms with Gasteiger partial charge in [-0.15, -0.1) is 0 Å². The minimum absolute atomic E-state index is 0.109. The van der Waals surface area contributed by atoms with Crippen LogP contribution in [0.4, 0.5) is 5.69 Å². The molecule has 1 aliphatic rings. The predicted molar refractivity (Wildman–Crippen MR) is 102 cm³/mol. The van der Waals surface area contributed by atoms with Crippen molar-refractivity contribution in [3.63, 3.8) is 0 Å². The molecule has 0 aliphatic carbocycles. The van der Waals surface area contributed by atoms with Gasteiger partial charge in [0.25, 0.3) is 15.9 Å². The molecule has 0 bridgehead atoms. The van der Waals surface area contributed by atoms with E-state index in [0.29, 0.717) is 5.56 Å². The Labute approximate surface area is 154 Å². The Hall–Kier alpha value is -2.38. The highest BCUT2D eigenvalue weighted by atomic mass is 32.2. The Morgan fingerprint density at radius 2 is 1.62 bits per heavy atom. The molecule has 0 radical (unpaired) electrons. The molecule has 1 aliphatic heterocycles. The smallest absolute Gasteiger partial charge is 0.261 e. The lowest BCUT2D eigenvalue weighted by atomic mass is 10.0. The van der Waals surface area contributed by atoms with Gasteiger partial charge in [0.1, 0.15) is 0 Å². The summed E-state index contributed by atoms with van der Waals surface area (Å²) in [6.45, 7) is 1.88. The van der Waals surface area contributed by atoms with Gasteiger partial charge in [-0.3, -0.25) is 9.52 Å². The maximum absolute atomic E-state index is 12.7. The molecule has 1 amide bonds. The van der Waals surface area contributed by atoms with Gasteiger partial charge in [-0.05, 0) is 57.2 Å². The Morgan fingerprint density at radius 1 is 1.00 bits per heavy atom. The van der Waals surface area contributed by atoms with Crippen LogP contribution in [0.3, 0.4) is 0 Å². The minimum atomic E-state index is -3.75. The Bertz CT molecular complexity index is 861. The van der Waals surface area contributed by atoms with Crippen LogP contribution < -0.4 is 10.0 Å². The molecule has 0 atom stereocenters. The maximum atomic E-state index is 12.7. The number of carbonyl (C=O) groups excluding carboxylic acids is 1. The van der Waals surface area contributed by atoms with E-state index in [2.05, 4.69) is 22.0 Å². The standard InChI is InChI=1S/C19H23N3O3S/c1-22-13-11-15(12-14-22)20-19(23)17-9-5-6-10-18(17)21-26(24,25)16-7-3-2-4-8-16/h2-10,15,21H,11-14H2,1H3,(H,20,23). The second-order valence-electron chi connectivity index (χ2n) is 6.52. The first-order valence-corrected chi connectivity index (χ1v) is 10.1. The highest BCUT2D eigenvalue weighted by Gasteiger charge is 2.22. The highest BCUT2D eigenvalue weighted by Crippen LogP contribution is 2.21. The van der Waals surface area contributed by atoms with Crippen LogP contribution in [0.1, 0.15) is 23.2 Å². The van der Waals surface area contributed by atoms with Crippen LogP contribution in [0.15, 0.2) is 59.5 Å². The van der Waals surface area contributed by atoms with Crippen molar-refractivity contribution in [3.8, 4) is 0 Å². The lowest BCUT2D eigenvalue weighted by Crippen LogP contribution is -2.43. The molecular weight excluding hydrogens is 350 g/mol. The molecule has 3 rings (SSSR count). The zero-order valence-electron chi connectivity index (χ0n) is 14.7. The molecule has 7 heteroatoms. The van der Waals surface area contributed by atoms with Gasteiger partial charge in [0.2, 0.25) is 0 Å². The molecule has 0 saturated carbocycles. The molecule has 2 aromatic rings. The molecule has 1 heterocycles. The molecule has 0 unspecified atom stereocenters. The molecule has 0 aromatic heterocycles. The van der Waals surface area contributed by atoms with Crippen LogP contribution in [0.5, 0.6) is 0 Å². The van der Waals surface area contributed by atoms with E-state index in [-0.39, 0.29) is 22.5 Å². The number of likely N-dealkylation sites (tertiary alicyclic amines) is 1. The van der Waals surface area contributed by atoms with Gasteiger partial charge >= 0.3 is 0 Å². The quantitative estimate of drug-likeness (QED) is 0.843. The SMILES string of the molecule is CN1CCC(NC(=O)c2ccccc2NS(=O)(=O)c2ccccc2)CC1. The van der Waals surface area contributed by atoms with Crippen molar-refractivity contribution in [3.05, 3.63) is 60.2 Å². The summed E-state index contributed by atoms with van der Waals surface area (Å²) in [4.78, 5) is 15.1. The normalized spacial score (nSPS) is 16.2. The van der Waals surface area contributed by atoms with Crippen LogP contribution in [-0.4, -0.2) is 45.4 Å². The van der Waals surface area contributed by atoms with Gasteiger partial charge in [-0.2, -0.15) is 0 Å². The van der Waals surface area contributed by atoms with Gasteiger partial charge in [0.15, 0.2) is 0 Å². The number of nitrogens with zero attached hydrogens (tertiary/aromatic N) is 1. The van der Waals surface area contributed by atoms with Crippen molar-refractivity contribution in [2.75, 3.05) is 24.9 Å². The van der Waals surface area contributed by atoms with Crippen LogP contribution in [0, 0.1) is 0 Å². The first-order valence-electron chi connectivity index (χ1n) is 8.62. The molecule has 0 spiro atoms. The zero-order chi connectivity index (χ0) is 18.6. The molecule has 2 aromatic carbocycles. The summed E-state index contributed by atoms with van der Waals surface area (Å²) < 4.78 is 27.6. The second kappa shape index (κ2) is 7.88. The summed E-state index contributed by atoms with van der Waals surface area (Å²) in [5, 5.41) is 3.02. The molecule has 1 fully saturated rings. The summed E-state index contributed by atoms with van der Waals surface area (Å²) in [6, 6.07) is 14.9. The fourth-order valence-corrected chi connectivity index (χ4v) is 4.09. The van der Waals surface area contributed by atoms with Crippen LogP contribution >= 0.6 is 0 Å². The second-order valence-corrected chi connectivity index (χ2v) is 8.20. The number of anilines is 1. The molecule has 26 heavy (non-hydrogen) atoms. The molecule has 6 nitrogen and oxygen atoms in total. The topological polar surface area (TPSA) is 78.5 Å². The van der Waals surface area contributed by atoms with Crippen LogP contribution in [0.2, 0.25) is 0 Å². The van der Waals surface area contributed by atoms with Crippen molar-refractivity contribution in [1.82, 2.24) is 10.2 Å². The summed E-state index contributed by atoms with van der Waals surface area (Å²) >= 11 is 0. The van der Waals surface area contributed by atoms with Crippen molar-refractivity contribution < 1.29 is 13.2 Å². The molecular formula is C19H23N3O3S. The largest absolute Gasteiger partial charge is 0.349 e. The van der Waals surface area contributed by atoms with Crippen LogP contribution in [0.25, 0.3) is 0 Å². The number of para-hydroxylation sites is 1. The van der Waals surface area contributed by atoms with Gasteiger partial charge < -0.3 is 10.2 Å². The molecule has 2 N–H and O–H groups in total. The summed E-state index contributed by atoms with van der Waals surface area (Å²) in [5.41, 5.74) is 0.604. The van der Waals surface area contributed by atoms with Gasteiger partial charge in [-0.25, -0.2) is 8.42 Å². The summed E-state index contributed by atoms with van der Waals surface area (Å²) in [6.07, 6.45) is 1.78. The molecule has 1 saturated heterocycles. The number of hydrogen-bond donors (Lipinski definition) is 2. The zero-order valence-corrected chi connectivity index (χ0v) is 15.5. The minimum Gasteiger partial charge on any atom is -0.349 e. The number of amides is 1. The third-order valence-electron chi connectivity index (χ3n) is 4.52. The molecule has 138 valence electrons. The van der Waals surface area contributed by atoms with E-state index < -0.39 is 10.0 Å². The number of sulfonamides is 1. The van der Waals surface area contributed by atoms with Crippen molar-refractivity contribution in [2.45, 2.75) is 23.8 Å².